The van der Waals surface area contributed by atoms with E-state index >= 15 is 0 Å². The van der Waals surface area contributed by atoms with Crippen LogP contribution in [0, 0.1) is 5.82 Å². The molecule has 138 valence electrons. The highest BCUT2D eigenvalue weighted by Gasteiger charge is 2.44. The lowest BCUT2D eigenvalue weighted by Gasteiger charge is -2.16. The molecule has 1 amide bonds. The molecule has 0 radical (unpaired) electrons. The van der Waals surface area contributed by atoms with Crippen molar-refractivity contribution in [2.24, 2.45) is 0 Å². The molecule has 0 heterocycles. The van der Waals surface area contributed by atoms with Crippen LogP contribution in [-0.4, -0.2) is 19.1 Å². The third-order valence-electron chi connectivity index (χ3n) is 4.72. The highest BCUT2D eigenvalue weighted by Crippen LogP contribution is 2.47. The Labute approximate surface area is 150 Å². The Morgan fingerprint density at radius 3 is 2.31 bits per heavy atom. The average molecular weight is 363 g/mol. The van der Waals surface area contributed by atoms with Gasteiger partial charge in [-0.1, -0.05) is 24.3 Å². The summed E-state index contributed by atoms with van der Waals surface area (Å²) in [5, 5.41) is 2.95. The highest BCUT2D eigenvalue weighted by molar-refractivity contribution is 5.76. The summed E-state index contributed by atoms with van der Waals surface area (Å²) in [6.45, 7) is -2.30. The third kappa shape index (κ3) is 4.77. The number of carbonyl (C=O) groups is 1. The number of nitrogens with one attached hydrogen (secondary N) is 1. The fourth-order valence-electron chi connectivity index (χ4n) is 2.97. The lowest BCUT2D eigenvalue weighted by molar-refractivity contribution is -0.121. The first-order valence-electron chi connectivity index (χ1n) is 8.53. The van der Waals surface area contributed by atoms with Crippen molar-refractivity contribution in [2.75, 3.05) is 6.54 Å². The number of ether oxygens (including phenoxy) is 1. The third-order valence-corrected chi connectivity index (χ3v) is 4.72. The molecular weight excluding hydrogens is 343 g/mol. The van der Waals surface area contributed by atoms with E-state index in [0.29, 0.717) is 19.4 Å². The molecule has 6 heteroatoms. The Morgan fingerprint density at radius 1 is 1.08 bits per heavy atom. The molecule has 0 bridgehead atoms. The maximum Gasteiger partial charge on any atom is 0.387 e. The van der Waals surface area contributed by atoms with Gasteiger partial charge in [0.2, 0.25) is 5.91 Å². The highest BCUT2D eigenvalue weighted by atomic mass is 19.3. The molecule has 0 atom stereocenters. The summed E-state index contributed by atoms with van der Waals surface area (Å²) in [4.78, 5) is 12.1. The van der Waals surface area contributed by atoms with Gasteiger partial charge in [0.1, 0.15) is 11.6 Å². The van der Waals surface area contributed by atoms with Crippen LogP contribution in [0.15, 0.2) is 48.5 Å². The van der Waals surface area contributed by atoms with Gasteiger partial charge in [-0.2, -0.15) is 8.78 Å². The number of carbonyl (C=O) groups excluding carboxylic acids is 1. The van der Waals surface area contributed by atoms with Crippen LogP contribution in [0.5, 0.6) is 5.75 Å². The second-order valence-electron chi connectivity index (χ2n) is 6.59. The number of amides is 1. The summed E-state index contributed by atoms with van der Waals surface area (Å²) in [5.41, 5.74) is 1.85. The van der Waals surface area contributed by atoms with Gasteiger partial charge in [-0.25, -0.2) is 4.39 Å². The smallest absolute Gasteiger partial charge is 0.387 e. The maximum atomic E-state index is 13.0. The molecule has 0 unspecified atom stereocenters. The number of halogens is 3. The van der Waals surface area contributed by atoms with Crippen LogP contribution >= 0.6 is 0 Å². The standard InChI is InChI=1S/C20H20F3NO2/c21-16-6-4-15(5-7-16)20(11-12-20)13-24-18(25)10-3-14-1-8-17(9-2-14)26-19(22)23/h1-2,4-9,19H,3,10-13H2,(H,24,25). The van der Waals surface area contributed by atoms with Crippen molar-refractivity contribution < 1.29 is 22.7 Å². The van der Waals surface area contributed by atoms with Gasteiger partial charge in [0, 0.05) is 18.4 Å². The van der Waals surface area contributed by atoms with Crippen LogP contribution in [0.3, 0.4) is 0 Å². The molecule has 26 heavy (non-hydrogen) atoms. The van der Waals surface area contributed by atoms with Gasteiger partial charge in [0.15, 0.2) is 0 Å². The first kappa shape index (κ1) is 18.3. The number of rotatable bonds is 8. The molecule has 1 aliphatic rings. The summed E-state index contributed by atoms with van der Waals surface area (Å²) in [6, 6.07) is 12.7. The average Bonchev–Trinajstić information content (AvgIpc) is 3.41. The minimum Gasteiger partial charge on any atom is -0.435 e. The normalized spacial score (nSPS) is 14.9. The van der Waals surface area contributed by atoms with Gasteiger partial charge in [-0.3, -0.25) is 4.79 Å². The van der Waals surface area contributed by atoms with Crippen LogP contribution < -0.4 is 10.1 Å². The fraction of sp³-hybridized carbons (Fsp3) is 0.350. The predicted molar refractivity (Wildman–Crippen MR) is 91.7 cm³/mol. The maximum absolute atomic E-state index is 13.0. The van der Waals surface area contributed by atoms with Crippen molar-refractivity contribution in [2.45, 2.75) is 37.7 Å². The lowest BCUT2D eigenvalue weighted by atomic mass is 9.96. The van der Waals surface area contributed by atoms with Crippen LogP contribution in [0.2, 0.25) is 0 Å². The van der Waals surface area contributed by atoms with E-state index in [4.69, 9.17) is 0 Å². The zero-order chi connectivity index (χ0) is 18.6. The monoisotopic (exact) mass is 363 g/mol. The molecule has 2 aromatic rings. The molecule has 1 fully saturated rings. The van der Waals surface area contributed by atoms with Crippen LogP contribution in [-0.2, 0) is 16.6 Å². The van der Waals surface area contributed by atoms with Crippen molar-refractivity contribution in [3.63, 3.8) is 0 Å². The summed E-state index contributed by atoms with van der Waals surface area (Å²) >= 11 is 0. The van der Waals surface area contributed by atoms with E-state index in [1.165, 1.54) is 24.3 Å². The molecule has 2 aromatic carbocycles. The number of alkyl halides is 2. The van der Waals surface area contributed by atoms with Gasteiger partial charge in [-0.15, -0.1) is 0 Å². The minimum absolute atomic E-state index is 0.0636. The largest absolute Gasteiger partial charge is 0.435 e. The first-order valence-corrected chi connectivity index (χ1v) is 8.53. The van der Waals surface area contributed by atoms with E-state index in [9.17, 15) is 18.0 Å². The Balaban J connectivity index is 1.45. The van der Waals surface area contributed by atoms with Crippen molar-refractivity contribution in [3.8, 4) is 5.75 Å². The SMILES string of the molecule is O=C(CCc1ccc(OC(F)F)cc1)NCC1(c2ccc(F)cc2)CC1. The molecule has 3 rings (SSSR count). The molecule has 1 aliphatic carbocycles. The lowest BCUT2D eigenvalue weighted by Crippen LogP contribution is -2.32. The Hall–Kier alpha value is -2.50. The Kier molecular flexibility index (Phi) is 5.49. The second-order valence-corrected chi connectivity index (χ2v) is 6.59. The molecule has 1 N–H and O–H groups in total. The topological polar surface area (TPSA) is 38.3 Å². The van der Waals surface area contributed by atoms with E-state index in [1.54, 1.807) is 24.3 Å². The van der Waals surface area contributed by atoms with Gasteiger partial charge < -0.3 is 10.1 Å². The van der Waals surface area contributed by atoms with Crippen LogP contribution in [0.1, 0.15) is 30.4 Å². The van der Waals surface area contributed by atoms with Crippen LogP contribution in [0.25, 0.3) is 0 Å². The molecular formula is C20H20F3NO2. The summed E-state index contributed by atoms with van der Waals surface area (Å²) in [7, 11) is 0. The molecule has 0 saturated heterocycles. The van der Waals surface area contributed by atoms with Gasteiger partial charge >= 0.3 is 6.61 Å². The fourth-order valence-corrected chi connectivity index (χ4v) is 2.97. The first-order chi connectivity index (χ1) is 12.5. The zero-order valence-corrected chi connectivity index (χ0v) is 14.2. The van der Waals surface area contributed by atoms with Gasteiger partial charge in [0.25, 0.3) is 0 Å². The van der Waals surface area contributed by atoms with E-state index in [0.717, 1.165) is 24.0 Å². The van der Waals surface area contributed by atoms with Crippen molar-refractivity contribution in [3.05, 3.63) is 65.5 Å². The van der Waals surface area contributed by atoms with Crippen molar-refractivity contribution >= 4 is 5.91 Å². The summed E-state index contributed by atoms with van der Waals surface area (Å²) < 4.78 is 41.6. The number of benzene rings is 2. The van der Waals surface area contributed by atoms with E-state index in [-0.39, 0.29) is 22.9 Å². The molecule has 0 aliphatic heterocycles. The predicted octanol–water partition coefficient (Wildman–Crippen LogP) is 4.21. The summed E-state index contributed by atoms with van der Waals surface area (Å²) in [5.74, 6) is -0.229. The van der Waals surface area contributed by atoms with E-state index in [2.05, 4.69) is 10.1 Å². The molecule has 3 nitrogen and oxygen atoms in total. The zero-order valence-electron chi connectivity index (χ0n) is 14.2. The Bertz CT molecular complexity index is 741. The van der Waals surface area contributed by atoms with Crippen LogP contribution in [0.4, 0.5) is 13.2 Å². The van der Waals surface area contributed by atoms with E-state index < -0.39 is 6.61 Å². The number of aryl methyl sites for hydroxylation is 1. The number of hydrogen-bond acceptors (Lipinski definition) is 2. The quantitative estimate of drug-likeness (QED) is 0.763. The second kappa shape index (κ2) is 7.81. The van der Waals surface area contributed by atoms with Gasteiger partial charge in [0.05, 0.1) is 0 Å². The van der Waals surface area contributed by atoms with E-state index in [1.807, 2.05) is 0 Å². The summed E-state index contributed by atoms with van der Waals surface area (Å²) in [6.07, 6.45) is 2.79. The van der Waals surface area contributed by atoms with Crippen molar-refractivity contribution in [1.29, 1.82) is 0 Å². The van der Waals surface area contributed by atoms with Crippen molar-refractivity contribution in [1.82, 2.24) is 5.32 Å². The van der Waals surface area contributed by atoms with Gasteiger partial charge in [-0.05, 0) is 54.7 Å². The Morgan fingerprint density at radius 2 is 1.73 bits per heavy atom. The number of hydrogen-bond donors (Lipinski definition) is 1. The molecule has 0 spiro atoms. The minimum atomic E-state index is -2.84. The molecule has 1 saturated carbocycles. The molecule has 0 aromatic heterocycles.